The summed E-state index contributed by atoms with van der Waals surface area (Å²) >= 11 is 1.75. The molecule has 2 nitrogen and oxygen atoms in total. The van der Waals surface area contributed by atoms with Gasteiger partial charge in [0.05, 0.1) is 0 Å². The molecule has 1 rings (SSSR count). The topological polar surface area (TPSA) is 37.3 Å². The van der Waals surface area contributed by atoms with E-state index in [1.54, 1.807) is 11.8 Å². The van der Waals surface area contributed by atoms with E-state index in [4.69, 9.17) is 0 Å². The molecule has 0 aromatic heterocycles. The van der Waals surface area contributed by atoms with Crippen LogP contribution in [-0.2, 0) is 4.57 Å². The first-order chi connectivity index (χ1) is 7.64. The van der Waals surface area contributed by atoms with E-state index < -0.39 is 7.37 Å². The second kappa shape index (κ2) is 7.16. The summed E-state index contributed by atoms with van der Waals surface area (Å²) in [5.41, 5.74) is 0. The van der Waals surface area contributed by atoms with Crippen LogP contribution < -0.4 is 0 Å². The third-order valence-corrected chi connectivity index (χ3v) is 5.50. The Morgan fingerprint density at radius 1 is 1.25 bits per heavy atom. The number of thioether (sulfide) groups is 1. The molecule has 1 N–H and O–H groups in total. The summed E-state index contributed by atoms with van der Waals surface area (Å²) < 4.78 is 11.6. The van der Waals surface area contributed by atoms with Crippen molar-refractivity contribution in [2.75, 3.05) is 18.1 Å². The van der Waals surface area contributed by atoms with E-state index in [-0.39, 0.29) is 0 Å². The molecular formula is C12H19O2PS. The van der Waals surface area contributed by atoms with Crippen LogP contribution in [0.5, 0.6) is 0 Å². The van der Waals surface area contributed by atoms with Gasteiger partial charge < -0.3 is 4.89 Å². The average molecular weight is 258 g/mol. The van der Waals surface area contributed by atoms with Crippen molar-refractivity contribution in [1.29, 1.82) is 0 Å². The van der Waals surface area contributed by atoms with Gasteiger partial charge in [0.1, 0.15) is 0 Å². The summed E-state index contributed by atoms with van der Waals surface area (Å²) in [5.74, 6) is 0.915. The van der Waals surface area contributed by atoms with Gasteiger partial charge >= 0.3 is 0 Å². The SMILES string of the molecule is CCCP(=O)(O)CCCSc1ccccc1. The third kappa shape index (κ3) is 5.74. The van der Waals surface area contributed by atoms with Crippen LogP contribution in [0, 0.1) is 0 Å². The predicted molar refractivity (Wildman–Crippen MR) is 71.6 cm³/mol. The van der Waals surface area contributed by atoms with Gasteiger partial charge in [0, 0.05) is 17.2 Å². The molecule has 0 saturated heterocycles. The summed E-state index contributed by atoms with van der Waals surface area (Å²) in [6.07, 6.45) is 2.52. The van der Waals surface area contributed by atoms with Crippen LogP contribution in [0.4, 0.5) is 0 Å². The lowest BCUT2D eigenvalue weighted by Gasteiger charge is -2.09. The summed E-state index contributed by atoms with van der Waals surface area (Å²) in [6, 6.07) is 10.1. The van der Waals surface area contributed by atoms with E-state index in [2.05, 4.69) is 12.1 Å². The second-order valence-electron chi connectivity index (χ2n) is 3.81. The molecule has 1 aromatic rings. The highest BCUT2D eigenvalue weighted by Crippen LogP contribution is 2.41. The Morgan fingerprint density at radius 3 is 2.56 bits per heavy atom. The van der Waals surface area contributed by atoms with Crippen LogP contribution in [0.25, 0.3) is 0 Å². The minimum Gasteiger partial charge on any atom is -0.344 e. The lowest BCUT2D eigenvalue weighted by atomic mass is 10.4. The Morgan fingerprint density at radius 2 is 1.94 bits per heavy atom. The minimum atomic E-state index is -2.83. The molecule has 0 aliphatic rings. The van der Waals surface area contributed by atoms with Gasteiger partial charge in [-0.1, -0.05) is 25.1 Å². The smallest absolute Gasteiger partial charge is 0.200 e. The Labute approximate surface area is 102 Å². The van der Waals surface area contributed by atoms with Crippen molar-refractivity contribution < 1.29 is 9.46 Å². The van der Waals surface area contributed by atoms with Gasteiger partial charge in [-0.05, 0) is 30.7 Å². The number of rotatable bonds is 7. The van der Waals surface area contributed by atoms with Gasteiger partial charge in [-0.3, -0.25) is 4.57 Å². The molecule has 1 aromatic carbocycles. The van der Waals surface area contributed by atoms with Gasteiger partial charge in [0.25, 0.3) is 0 Å². The van der Waals surface area contributed by atoms with E-state index in [0.717, 1.165) is 18.6 Å². The Bertz CT molecular complexity index is 340. The normalized spacial score (nSPS) is 14.6. The van der Waals surface area contributed by atoms with Crippen molar-refractivity contribution in [3.8, 4) is 0 Å². The molecule has 0 radical (unpaired) electrons. The molecule has 0 spiro atoms. The fourth-order valence-electron chi connectivity index (χ4n) is 1.48. The van der Waals surface area contributed by atoms with E-state index in [9.17, 15) is 9.46 Å². The highest BCUT2D eigenvalue weighted by Gasteiger charge is 2.15. The fraction of sp³-hybridized carbons (Fsp3) is 0.500. The molecule has 16 heavy (non-hydrogen) atoms. The molecule has 0 amide bonds. The van der Waals surface area contributed by atoms with Crippen LogP contribution in [0.1, 0.15) is 19.8 Å². The predicted octanol–water partition coefficient (Wildman–Crippen LogP) is 3.85. The molecule has 0 bridgehead atoms. The van der Waals surface area contributed by atoms with Crippen molar-refractivity contribution in [3.63, 3.8) is 0 Å². The molecule has 1 unspecified atom stereocenters. The summed E-state index contributed by atoms with van der Waals surface area (Å²) in [6.45, 7) is 1.95. The summed E-state index contributed by atoms with van der Waals surface area (Å²) in [5, 5.41) is 0. The van der Waals surface area contributed by atoms with Crippen molar-refractivity contribution in [3.05, 3.63) is 30.3 Å². The zero-order valence-corrected chi connectivity index (χ0v) is 11.3. The minimum absolute atomic E-state index is 0.459. The fourth-order valence-corrected chi connectivity index (χ4v) is 4.14. The van der Waals surface area contributed by atoms with E-state index >= 15 is 0 Å². The van der Waals surface area contributed by atoms with Gasteiger partial charge in [-0.2, -0.15) is 0 Å². The van der Waals surface area contributed by atoms with E-state index in [1.165, 1.54) is 4.90 Å². The van der Waals surface area contributed by atoms with Gasteiger partial charge in [0.15, 0.2) is 0 Å². The lowest BCUT2D eigenvalue weighted by Crippen LogP contribution is -1.95. The van der Waals surface area contributed by atoms with Crippen molar-refractivity contribution >= 4 is 19.1 Å². The Balaban J connectivity index is 2.20. The van der Waals surface area contributed by atoms with Crippen molar-refractivity contribution in [2.45, 2.75) is 24.7 Å². The van der Waals surface area contributed by atoms with E-state index in [1.807, 2.05) is 25.1 Å². The van der Waals surface area contributed by atoms with Crippen LogP contribution in [-0.4, -0.2) is 23.0 Å². The lowest BCUT2D eigenvalue weighted by molar-refractivity contribution is 0.476. The van der Waals surface area contributed by atoms with Gasteiger partial charge in [0.2, 0.25) is 7.37 Å². The first-order valence-corrected chi connectivity index (χ1v) is 8.64. The molecule has 0 aliphatic heterocycles. The summed E-state index contributed by atoms with van der Waals surface area (Å²) in [4.78, 5) is 10.8. The number of benzene rings is 1. The molecule has 0 heterocycles. The van der Waals surface area contributed by atoms with E-state index in [0.29, 0.717) is 12.3 Å². The Kier molecular flexibility index (Phi) is 6.18. The summed E-state index contributed by atoms with van der Waals surface area (Å²) in [7, 11) is -2.83. The zero-order valence-electron chi connectivity index (χ0n) is 9.63. The zero-order chi connectivity index (χ0) is 11.9. The molecule has 1 atom stereocenters. The highest BCUT2D eigenvalue weighted by atomic mass is 32.2. The maximum absolute atomic E-state index is 11.6. The number of hydrogen-bond donors (Lipinski definition) is 1. The van der Waals surface area contributed by atoms with Crippen LogP contribution in [0.15, 0.2) is 35.2 Å². The van der Waals surface area contributed by atoms with Crippen LogP contribution in [0.3, 0.4) is 0 Å². The quantitative estimate of drug-likeness (QED) is 0.458. The van der Waals surface area contributed by atoms with Gasteiger partial charge in [-0.15, -0.1) is 11.8 Å². The first-order valence-electron chi connectivity index (χ1n) is 5.63. The highest BCUT2D eigenvalue weighted by molar-refractivity contribution is 7.99. The molecular weight excluding hydrogens is 239 g/mol. The molecule has 0 saturated carbocycles. The third-order valence-electron chi connectivity index (χ3n) is 2.24. The first kappa shape index (κ1) is 13.8. The van der Waals surface area contributed by atoms with Crippen molar-refractivity contribution in [2.24, 2.45) is 0 Å². The average Bonchev–Trinajstić information content (AvgIpc) is 2.26. The number of hydrogen-bond acceptors (Lipinski definition) is 2. The molecule has 90 valence electrons. The van der Waals surface area contributed by atoms with Crippen molar-refractivity contribution in [1.82, 2.24) is 0 Å². The Hall–Kier alpha value is -0.240. The maximum Gasteiger partial charge on any atom is 0.200 e. The molecule has 4 heteroatoms. The standard InChI is InChI=1S/C12H19O2PS/c1-2-9-15(13,14)10-6-11-16-12-7-4-3-5-8-12/h3-5,7-8H,2,6,9-11H2,1H3,(H,13,14). The monoisotopic (exact) mass is 258 g/mol. The van der Waals surface area contributed by atoms with Crippen LogP contribution in [0.2, 0.25) is 0 Å². The molecule has 0 aliphatic carbocycles. The van der Waals surface area contributed by atoms with Crippen LogP contribution >= 0.6 is 19.1 Å². The maximum atomic E-state index is 11.6. The van der Waals surface area contributed by atoms with Gasteiger partial charge in [-0.25, -0.2) is 0 Å². The largest absolute Gasteiger partial charge is 0.344 e. The second-order valence-corrected chi connectivity index (χ2v) is 7.56. The molecule has 0 fully saturated rings.